The number of hydrogen-bond acceptors (Lipinski definition) is 9. The van der Waals surface area contributed by atoms with E-state index in [4.69, 9.17) is 13.8 Å². The fraction of sp³-hybridized carbons (Fsp3) is 0.500. The molecule has 1 atom stereocenters. The smallest absolute Gasteiger partial charge is 0.360 e. The van der Waals surface area contributed by atoms with Crippen molar-refractivity contribution in [3.63, 3.8) is 0 Å². The van der Waals surface area contributed by atoms with Gasteiger partial charge in [0.2, 0.25) is 0 Å². The van der Waals surface area contributed by atoms with Gasteiger partial charge in [-0.05, 0) is 57.7 Å². The summed E-state index contributed by atoms with van der Waals surface area (Å²) in [5.74, 6) is -1.50. The first-order chi connectivity index (χ1) is 21.6. The molecule has 1 unspecified atom stereocenters. The van der Waals surface area contributed by atoms with Crippen LogP contribution in [0, 0.1) is 10.1 Å². The lowest BCUT2D eigenvalue weighted by Gasteiger charge is -2.36. The highest BCUT2D eigenvalue weighted by atomic mass is 31.2. The van der Waals surface area contributed by atoms with Gasteiger partial charge in [0.15, 0.2) is 0 Å². The molecule has 2 fully saturated rings. The number of dihydropyridines is 1. The molecule has 0 bridgehead atoms. The topological polar surface area (TPSA) is 120 Å². The fourth-order valence-electron chi connectivity index (χ4n) is 6.62. The maximum absolute atomic E-state index is 15.2. The number of likely N-dealkylation sites (N-methyl/N-ethyl adjacent to an activating group) is 1. The Bertz CT molecular complexity index is 1460. The number of nitro groups is 1. The molecule has 0 spiro atoms. The molecule has 11 heteroatoms. The number of esters is 1. The third-order valence-electron chi connectivity index (χ3n) is 8.84. The van der Waals surface area contributed by atoms with Crippen LogP contribution in [0.3, 0.4) is 0 Å². The van der Waals surface area contributed by atoms with Crippen LogP contribution in [0.4, 0.5) is 5.69 Å². The summed E-state index contributed by atoms with van der Waals surface area (Å²) in [5.41, 5.74) is 2.81. The molecule has 5 rings (SSSR count). The molecule has 1 heterocycles. The van der Waals surface area contributed by atoms with E-state index >= 15 is 4.57 Å². The van der Waals surface area contributed by atoms with Crippen molar-refractivity contribution in [3.8, 4) is 0 Å². The molecular formula is C34H44N3O7P. The second-order valence-corrected chi connectivity index (χ2v) is 14.2. The van der Waals surface area contributed by atoms with E-state index < -0.39 is 24.4 Å². The first kappa shape index (κ1) is 33.1. The number of nitrogens with zero attached hydrogens (tertiary/aromatic N) is 2. The van der Waals surface area contributed by atoms with Crippen LogP contribution < -0.4 is 5.32 Å². The fourth-order valence-corrected chi connectivity index (χ4v) is 9.17. The Morgan fingerprint density at radius 3 is 2.18 bits per heavy atom. The minimum atomic E-state index is -4.00. The van der Waals surface area contributed by atoms with Gasteiger partial charge in [-0.15, -0.1) is 0 Å². The van der Waals surface area contributed by atoms with Gasteiger partial charge in [0.1, 0.15) is 6.61 Å². The lowest BCUT2D eigenvalue weighted by molar-refractivity contribution is -0.384. The zero-order chi connectivity index (χ0) is 32.0. The predicted octanol–water partition coefficient (Wildman–Crippen LogP) is 7.57. The van der Waals surface area contributed by atoms with Crippen molar-refractivity contribution in [2.24, 2.45) is 0 Å². The Labute approximate surface area is 265 Å². The maximum Gasteiger partial charge on any atom is 0.360 e. The Morgan fingerprint density at radius 2 is 1.58 bits per heavy atom. The van der Waals surface area contributed by atoms with Gasteiger partial charge in [-0.3, -0.25) is 19.6 Å². The summed E-state index contributed by atoms with van der Waals surface area (Å²) >= 11 is 0. The molecule has 3 aliphatic rings. The number of nitro benzene ring substituents is 1. The van der Waals surface area contributed by atoms with E-state index in [9.17, 15) is 14.9 Å². The molecule has 1 N–H and O–H groups in total. The Hall–Kier alpha value is -3.30. The summed E-state index contributed by atoms with van der Waals surface area (Å²) in [5, 5.41) is 15.4. The summed E-state index contributed by atoms with van der Waals surface area (Å²) in [4.78, 5) is 27.4. The highest BCUT2D eigenvalue weighted by Crippen LogP contribution is 2.66. The highest BCUT2D eigenvalue weighted by molar-refractivity contribution is 7.58. The molecule has 2 aliphatic carbocycles. The van der Waals surface area contributed by atoms with Gasteiger partial charge in [0.25, 0.3) is 5.69 Å². The molecule has 1 aliphatic heterocycles. The minimum Gasteiger partial charge on any atom is -0.461 e. The number of hydrogen-bond donors (Lipinski definition) is 1. The summed E-state index contributed by atoms with van der Waals surface area (Å²) < 4.78 is 33.9. The Morgan fingerprint density at radius 1 is 0.956 bits per heavy atom. The monoisotopic (exact) mass is 637 g/mol. The lowest BCUT2D eigenvalue weighted by Crippen LogP contribution is -2.31. The second kappa shape index (κ2) is 14.9. The summed E-state index contributed by atoms with van der Waals surface area (Å²) in [6.07, 6.45) is 6.57. The molecule has 0 aromatic heterocycles. The largest absolute Gasteiger partial charge is 0.461 e. The summed E-state index contributed by atoms with van der Waals surface area (Å²) in [6, 6.07) is 16.2. The van der Waals surface area contributed by atoms with E-state index in [-0.39, 0.29) is 30.1 Å². The molecule has 45 heavy (non-hydrogen) atoms. The molecular weight excluding hydrogens is 593 g/mol. The van der Waals surface area contributed by atoms with Crippen molar-refractivity contribution < 1.29 is 28.1 Å². The van der Waals surface area contributed by atoms with E-state index in [1.54, 1.807) is 26.0 Å². The number of rotatable bonds is 13. The predicted molar refractivity (Wildman–Crippen MR) is 172 cm³/mol. The van der Waals surface area contributed by atoms with E-state index in [0.717, 1.165) is 56.9 Å². The van der Waals surface area contributed by atoms with Gasteiger partial charge in [0, 0.05) is 36.6 Å². The van der Waals surface area contributed by atoms with Crippen molar-refractivity contribution in [2.75, 3.05) is 20.2 Å². The van der Waals surface area contributed by atoms with E-state index in [1.807, 2.05) is 37.4 Å². The average molecular weight is 638 g/mol. The number of ether oxygens (including phenoxy) is 1. The summed E-state index contributed by atoms with van der Waals surface area (Å²) in [6.45, 7) is 4.89. The molecule has 0 amide bonds. The molecule has 242 valence electrons. The molecule has 2 aromatic rings. The number of non-ortho nitro benzene ring substituents is 1. The molecule has 10 nitrogen and oxygen atoms in total. The van der Waals surface area contributed by atoms with Crippen LogP contribution in [0.2, 0.25) is 0 Å². The third-order valence-corrected chi connectivity index (χ3v) is 11.2. The zero-order valence-corrected chi connectivity index (χ0v) is 27.3. The lowest BCUT2D eigenvalue weighted by atomic mass is 9.86. The van der Waals surface area contributed by atoms with Crippen LogP contribution in [0.15, 0.2) is 76.9 Å². The maximum atomic E-state index is 15.2. The molecule has 2 aromatic carbocycles. The van der Waals surface area contributed by atoms with E-state index in [0.29, 0.717) is 35.4 Å². The number of nitrogens with one attached hydrogen (secondary N) is 1. The van der Waals surface area contributed by atoms with E-state index in [2.05, 4.69) is 10.2 Å². The van der Waals surface area contributed by atoms with Gasteiger partial charge >= 0.3 is 13.6 Å². The zero-order valence-electron chi connectivity index (χ0n) is 26.4. The second-order valence-electron chi connectivity index (χ2n) is 12.3. The van der Waals surface area contributed by atoms with Crippen LogP contribution in [0.25, 0.3) is 0 Å². The van der Waals surface area contributed by atoms with Gasteiger partial charge in [-0.25, -0.2) is 4.79 Å². The van der Waals surface area contributed by atoms with Crippen LogP contribution in [0.5, 0.6) is 0 Å². The van der Waals surface area contributed by atoms with Crippen LogP contribution in [-0.2, 0) is 29.7 Å². The van der Waals surface area contributed by atoms with Gasteiger partial charge in [0.05, 0.1) is 33.9 Å². The molecule has 0 radical (unpaired) electrons. The average Bonchev–Trinajstić information content (AvgIpc) is 3.71. The summed E-state index contributed by atoms with van der Waals surface area (Å²) in [7, 11) is -2.04. The standard InChI is InChI=1S/C34H44N3O7P/c1-24-31(34(38)42-21-20-36(3)23-26-12-5-4-6-13-26)32(27-14-11-15-28(22-27)37(39)40)33(25(2)35-24)45(41,43-29-16-7-8-17-29)44-30-18-9-10-19-30/h4-6,11-15,22,29-30,32,35H,7-10,16-21,23H2,1-3H3. The van der Waals surface area contributed by atoms with Crippen LogP contribution in [0.1, 0.15) is 82.3 Å². The number of carbonyl (C=O) groups excluding carboxylic acids is 1. The first-order valence-electron chi connectivity index (χ1n) is 15.9. The minimum absolute atomic E-state index is 0.126. The molecule has 2 saturated carbocycles. The SMILES string of the molecule is CC1=C(C(=O)OCCN(C)Cc2ccccc2)C(c2cccc([N+](=O)[O-])c2)C(P(=O)(OC2CCCC2)OC2CCCC2)=C(C)N1. The number of allylic oxidation sites excluding steroid dienone is 3. The highest BCUT2D eigenvalue weighted by Gasteiger charge is 2.47. The number of carbonyl (C=O) groups is 1. The first-order valence-corrected chi connectivity index (χ1v) is 17.5. The Kier molecular flexibility index (Phi) is 10.9. The Balaban J connectivity index is 1.48. The van der Waals surface area contributed by atoms with Gasteiger partial charge in [-0.2, -0.15) is 0 Å². The van der Waals surface area contributed by atoms with Crippen LogP contribution in [-0.4, -0.2) is 48.2 Å². The van der Waals surface area contributed by atoms with Crippen LogP contribution >= 0.6 is 7.60 Å². The van der Waals surface area contributed by atoms with Crippen molar-refractivity contribution in [3.05, 3.63) is 98.1 Å². The third kappa shape index (κ3) is 8.11. The van der Waals surface area contributed by atoms with Crippen molar-refractivity contribution >= 4 is 19.3 Å². The van der Waals surface area contributed by atoms with Crippen molar-refractivity contribution in [1.82, 2.24) is 10.2 Å². The van der Waals surface area contributed by atoms with Crippen molar-refractivity contribution in [1.29, 1.82) is 0 Å². The van der Waals surface area contributed by atoms with Crippen molar-refractivity contribution in [2.45, 2.75) is 89.9 Å². The number of benzene rings is 2. The molecule has 0 saturated heterocycles. The van der Waals surface area contributed by atoms with Gasteiger partial charge < -0.3 is 19.1 Å². The van der Waals surface area contributed by atoms with E-state index in [1.165, 1.54) is 12.1 Å². The normalized spacial score (nSPS) is 19.8. The van der Waals surface area contributed by atoms with Gasteiger partial charge in [-0.1, -0.05) is 68.1 Å². The quantitative estimate of drug-likeness (QED) is 0.103.